The molecule has 3 aliphatic rings. The minimum atomic E-state index is 0.809. The molecule has 0 radical (unpaired) electrons. The second-order valence-electron chi connectivity index (χ2n) is 4.66. The molecular formula is C11H18N2S2. The minimum absolute atomic E-state index is 0.809. The van der Waals surface area contributed by atoms with E-state index in [4.69, 9.17) is 0 Å². The number of thioether (sulfide) groups is 2. The molecule has 1 saturated carbocycles. The molecule has 2 aliphatic heterocycles. The molecule has 84 valence electrons. The highest BCUT2D eigenvalue weighted by Crippen LogP contribution is 2.41. The zero-order valence-electron chi connectivity index (χ0n) is 8.95. The maximum atomic E-state index is 4.60. The molecule has 3 rings (SSSR count). The lowest BCUT2D eigenvalue weighted by Gasteiger charge is -2.11. The second kappa shape index (κ2) is 4.58. The summed E-state index contributed by atoms with van der Waals surface area (Å²) in [5.41, 5.74) is 0. The van der Waals surface area contributed by atoms with Crippen LogP contribution in [-0.2, 0) is 0 Å². The van der Waals surface area contributed by atoms with E-state index in [2.05, 4.69) is 22.1 Å². The van der Waals surface area contributed by atoms with Crippen LogP contribution in [0.5, 0.6) is 0 Å². The largest absolute Gasteiger partial charge is 0.364 e. The number of hydrogen-bond acceptors (Lipinski definition) is 4. The number of nitrogens with one attached hydrogen (secondary N) is 1. The van der Waals surface area contributed by atoms with E-state index in [-0.39, 0.29) is 0 Å². The van der Waals surface area contributed by atoms with Crippen LogP contribution in [0.2, 0.25) is 0 Å². The van der Waals surface area contributed by atoms with E-state index in [1.807, 2.05) is 11.8 Å². The molecule has 0 aromatic carbocycles. The summed E-state index contributed by atoms with van der Waals surface area (Å²) in [4.78, 5) is 4.60. The van der Waals surface area contributed by atoms with Gasteiger partial charge in [-0.2, -0.15) is 11.8 Å². The van der Waals surface area contributed by atoms with Gasteiger partial charge in [0.15, 0.2) is 5.17 Å². The lowest BCUT2D eigenvalue weighted by Crippen LogP contribution is -2.27. The van der Waals surface area contributed by atoms with E-state index in [0.717, 1.165) is 29.5 Å². The Labute approximate surface area is 100 Å². The fraction of sp³-hybridized carbons (Fsp3) is 0.909. The standard InChI is InChI=1S/C11H18N2S2/c1-2-9(14-5-1)6-12-11-13-7-10(15-11)8-3-4-8/h8-10H,1-7H2,(H,12,13). The quantitative estimate of drug-likeness (QED) is 0.822. The Kier molecular flexibility index (Phi) is 3.15. The predicted octanol–water partition coefficient (Wildman–Crippen LogP) is 2.35. The van der Waals surface area contributed by atoms with E-state index in [0.29, 0.717) is 0 Å². The fourth-order valence-corrected chi connectivity index (χ4v) is 4.63. The summed E-state index contributed by atoms with van der Waals surface area (Å²) in [6.07, 6.45) is 5.68. The van der Waals surface area contributed by atoms with Crippen molar-refractivity contribution in [3.8, 4) is 0 Å². The first kappa shape index (κ1) is 10.3. The molecule has 15 heavy (non-hydrogen) atoms. The van der Waals surface area contributed by atoms with E-state index in [9.17, 15) is 0 Å². The van der Waals surface area contributed by atoms with Gasteiger partial charge in [0.25, 0.3) is 0 Å². The van der Waals surface area contributed by atoms with Gasteiger partial charge in [0.2, 0.25) is 0 Å². The van der Waals surface area contributed by atoms with Gasteiger partial charge in [-0.05, 0) is 37.4 Å². The van der Waals surface area contributed by atoms with Crippen molar-refractivity contribution < 1.29 is 0 Å². The third-order valence-corrected chi connectivity index (χ3v) is 6.06. The normalized spacial score (nSPS) is 35.6. The molecule has 2 unspecified atom stereocenters. The van der Waals surface area contributed by atoms with Gasteiger partial charge in [0, 0.05) is 17.0 Å². The highest BCUT2D eigenvalue weighted by atomic mass is 32.2. The number of nitrogens with zero attached hydrogens (tertiary/aromatic N) is 1. The first-order chi connectivity index (χ1) is 7.42. The first-order valence-corrected chi connectivity index (χ1v) is 7.91. The van der Waals surface area contributed by atoms with Gasteiger partial charge in [-0.25, -0.2) is 0 Å². The second-order valence-corrected chi connectivity index (χ2v) is 7.29. The zero-order chi connectivity index (χ0) is 10.1. The number of rotatable bonds is 3. The van der Waals surface area contributed by atoms with Crippen LogP contribution in [0.4, 0.5) is 0 Å². The third kappa shape index (κ3) is 2.64. The summed E-state index contributed by atoms with van der Waals surface area (Å²) in [6.45, 7) is 2.20. The van der Waals surface area contributed by atoms with E-state index in [1.165, 1.54) is 36.6 Å². The molecule has 1 N–H and O–H groups in total. The molecule has 0 aromatic heterocycles. The van der Waals surface area contributed by atoms with E-state index < -0.39 is 0 Å². The summed E-state index contributed by atoms with van der Waals surface area (Å²) in [5, 5.41) is 6.40. The molecule has 2 nitrogen and oxygen atoms in total. The van der Waals surface area contributed by atoms with Crippen molar-refractivity contribution >= 4 is 28.7 Å². The maximum absolute atomic E-state index is 4.60. The zero-order valence-corrected chi connectivity index (χ0v) is 10.6. The van der Waals surface area contributed by atoms with Gasteiger partial charge in [-0.1, -0.05) is 11.8 Å². The van der Waals surface area contributed by atoms with Crippen molar-refractivity contribution in [1.82, 2.24) is 5.32 Å². The minimum Gasteiger partial charge on any atom is -0.364 e. The summed E-state index contributed by atoms with van der Waals surface area (Å²) in [5.74, 6) is 2.34. The lowest BCUT2D eigenvalue weighted by molar-refractivity contribution is 0.747. The van der Waals surface area contributed by atoms with E-state index in [1.54, 1.807) is 0 Å². The number of aliphatic imine (C=N–C) groups is 1. The molecule has 4 heteroatoms. The van der Waals surface area contributed by atoms with Gasteiger partial charge in [0.1, 0.15) is 0 Å². The molecule has 0 amide bonds. The highest BCUT2D eigenvalue weighted by molar-refractivity contribution is 8.14. The molecule has 0 aromatic rings. The van der Waals surface area contributed by atoms with Crippen molar-refractivity contribution in [2.45, 2.75) is 36.2 Å². The topological polar surface area (TPSA) is 24.4 Å². The Morgan fingerprint density at radius 3 is 3.00 bits per heavy atom. The molecule has 0 spiro atoms. The van der Waals surface area contributed by atoms with Crippen molar-refractivity contribution in [1.29, 1.82) is 0 Å². The summed E-state index contributed by atoms with van der Waals surface area (Å²) < 4.78 is 0. The maximum Gasteiger partial charge on any atom is 0.156 e. The van der Waals surface area contributed by atoms with Gasteiger partial charge >= 0.3 is 0 Å². The smallest absolute Gasteiger partial charge is 0.156 e. The molecule has 1 saturated heterocycles. The third-order valence-electron chi connectivity index (χ3n) is 3.33. The average Bonchev–Trinajstić information content (AvgIpc) is 2.82. The van der Waals surface area contributed by atoms with Crippen LogP contribution >= 0.6 is 23.5 Å². The lowest BCUT2D eigenvalue weighted by atomic mass is 10.2. The molecule has 2 atom stereocenters. The van der Waals surface area contributed by atoms with Crippen LogP contribution in [0.1, 0.15) is 25.7 Å². The summed E-state index contributed by atoms with van der Waals surface area (Å²) in [6, 6.07) is 0. The van der Waals surface area contributed by atoms with Crippen molar-refractivity contribution in [2.24, 2.45) is 10.9 Å². The Balaban J connectivity index is 1.40. The van der Waals surface area contributed by atoms with Crippen LogP contribution in [-0.4, -0.2) is 34.5 Å². The van der Waals surface area contributed by atoms with Crippen LogP contribution in [0.3, 0.4) is 0 Å². The Bertz CT molecular complexity index is 257. The Morgan fingerprint density at radius 1 is 1.33 bits per heavy atom. The molecule has 0 bridgehead atoms. The van der Waals surface area contributed by atoms with Gasteiger partial charge < -0.3 is 5.32 Å². The van der Waals surface area contributed by atoms with Crippen molar-refractivity contribution in [3.63, 3.8) is 0 Å². The summed E-state index contributed by atoms with van der Waals surface area (Å²) >= 11 is 4.11. The Hall–Kier alpha value is 0.170. The summed E-state index contributed by atoms with van der Waals surface area (Å²) in [7, 11) is 0. The van der Waals surface area contributed by atoms with Crippen LogP contribution in [0.15, 0.2) is 4.99 Å². The molecular weight excluding hydrogens is 224 g/mol. The van der Waals surface area contributed by atoms with Crippen LogP contribution < -0.4 is 5.32 Å². The average molecular weight is 242 g/mol. The van der Waals surface area contributed by atoms with Gasteiger partial charge in [-0.3, -0.25) is 4.99 Å². The molecule has 2 heterocycles. The molecule has 2 fully saturated rings. The van der Waals surface area contributed by atoms with Crippen LogP contribution in [0, 0.1) is 5.92 Å². The van der Waals surface area contributed by atoms with Crippen LogP contribution in [0.25, 0.3) is 0 Å². The van der Waals surface area contributed by atoms with Gasteiger partial charge in [0.05, 0.1) is 6.54 Å². The number of amidine groups is 1. The molecule has 1 aliphatic carbocycles. The monoisotopic (exact) mass is 242 g/mol. The SMILES string of the molecule is C1CSC(CNC2=NCC(C3CC3)S2)C1. The Morgan fingerprint density at radius 2 is 2.27 bits per heavy atom. The first-order valence-electron chi connectivity index (χ1n) is 5.98. The van der Waals surface area contributed by atoms with Crippen molar-refractivity contribution in [3.05, 3.63) is 0 Å². The highest BCUT2D eigenvalue weighted by Gasteiger charge is 2.35. The fourth-order valence-electron chi connectivity index (χ4n) is 2.21. The predicted molar refractivity (Wildman–Crippen MR) is 69.9 cm³/mol. The number of hydrogen-bond donors (Lipinski definition) is 1. The van der Waals surface area contributed by atoms with Gasteiger partial charge in [-0.15, -0.1) is 0 Å². The van der Waals surface area contributed by atoms with E-state index >= 15 is 0 Å². The van der Waals surface area contributed by atoms with Crippen molar-refractivity contribution in [2.75, 3.05) is 18.8 Å².